The Morgan fingerprint density at radius 2 is 2.11 bits per heavy atom. The summed E-state index contributed by atoms with van der Waals surface area (Å²) in [5.74, 6) is -0.0661. The van der Waals surface area contributed by atoms with Crippen LogP contribution in [0.4, 0.5) is 11.5 Å². The lowest BCUT2D eigenvalue weighted by molar-refractivity contribution is 0.100. The summed E-state index contributed by atoms with van der Waals surface area (Å²) in [7, 11) is 0. The van der Waals surface area contributed by atoms with Gasteiger partial charge in [-0.3, -0.25) is 4.79 Å². The highest BCUT2D eigenvalue weighted by atomic mass is 35.5. The molecular formula is C13H13ClN4O. The Morgan fingerprint density at radius 1 is 1.37 bits per heavy atom. The second-order valence-corrected chi connectivity index (χ2v) is 4.37. The van der Waals surface area contributed by atoms with Crippen molar-refractivity contribution in [3.8, 4) is 0 Å². The summed E-state index contributed by atoms with van der Waals surface area (Å²) in [6.07, 6.45) is 1.40. The molecule has 0 atom stereocenters. The van der Waals surface area contributed by atoms with Crippen molar-refractivity contribution in [2.24, 2.45) is 5.73 Å². The standard InChI is InChI=1S/C13H13ClN4O/c14-10-4-2-1-3-8(10)6-17-12-5-9(13(16)19)11(15)7-18-12/h1-5,7H,6,15H2,(H2,16,19)(H,17,18). The molecule has 1 amide bonds. The lowest BCUT2D eigenvalue weighted by atomic mass is 10.2. The van der Waals surface area contributed by atoms with Gasteiger partial charge < -0.3 is 16.8 Å². The number of nitrogen functional groups attached to an aromatic ring is 1. The number of hydrogen-bond donors (Lipinski definition) is 3. The van der Waals surface area contributed by atoms with Crippen LogP contribution >= 0.6 is 11.6 Å². The van der Waals surface area contributed by atoms with Gasteiger partial charge in [0.05, 0.1) is 17.4 Å². The number of pyridine rings is 1. The number of hydrogen-bond acceptors (Lipinski definition) is 4. The number of carbonyl (C=O) groups is 1. The normalized spacial score (nSPS) is 10.2. The van der Waals surface area contributed by atoms with Crippen LogP contribution in [0.25, 0.3) is 0 Å². The van der Waals surface area contributed by atoms with Crippen LogP contribution < -0.4 is 16.8 Å². The highest BCUT2D eigenvalue weighted by Crippen LogP contribution is 2.18. The highest BCUT2D eigenvalue weighted by Gasteiger charge is 2.08. The summed E-state index contributed by atoms with van der Waals surface area (Å²) in [6.45, 7) is 0.495. The van der Waals surface area contributed by atoms with Crippen LogP contribution in [-0.4, -0.2) is 10.9 Å². The molecule has 0 saturated heterocycles. The average molecular weight is 277 g/mol. The van der Waals surface area contributed by atoms with Crippen molar-refractivity contribution in [2.45, 2.75) is 6.54 Å². The maximum atomic E-state index is 11.2. The van der Waals surface area contributed by atoms with Crippen LogP contribution in [-0.2, 0) is 6.54 Å². The summed E-state index contributed by atoms with van der Waals surface area (Å²) in [6, 6.07) is 8.99. The Morgan fingerprint density at radius 3 is 2.79 bits per heavy atom. The molecule has 98 valence electrons. The molecule has 19 heavy (non-hydrogen) atoms. The van der Waals surface area contributed by atoms with Crippen molar-refractivity contribution in [1.82, 2.24) is 4.98 Å². The Balaban J connectivity index is 2.14. The number of benzene rings is 1. The van der Waals surface area contributed by atoms with Crippen molar-refractivity contribution in [3.05, 3.63) is 52.7 Å². The van der Waals surface area contributed by atoms with Gasteiger partial charge in [-0.25, -0.2) is 4.98 Å². The van der Waals surface area contributed by atoms with Crippen molar-refractivity contribution in [1.29, 1.82) is 0 Å². The van der Waals surface area contributed by atoms with E-state index in [1.54, 1.807) is 0 Å². The van der Waals surface area contributed by atoms with E-state index in [1.165, 1.54) is 12.3 Å². The third kappa shape index (κ3) is 3.14. The van der Waals surface area contributed by atoms with Gasteiger partial charge in [-0.2, -0.15) is 0 Å². The minimum absolute atomic E-state index is 0.247. The van der Waals surface area contributed by atoms with Gasteiger partial charge >= 0.3 is 0 Å². The summed E-state index contributed by atoms with van der Waals surface area (Å²) in [4.78, 5) is 15.2. The quantitative estimate of drug-likeness (QED) is 0.796. The van der Waals surface area contributed by atoms with Crippen molar-refractivity contribution < 1.29 is 4.79 Å². The minimum Gasteiger partial charge on any atom is -0.397 e. The number of nitrogens with one attached hydrogen (secondary N) is 1. The van der Waals surface area contributed by atoms with E-state index in [1.807, 2.05) is 24.3 Å². The molecule has 0 aliphatic carbocycles. The second-order valence-electron chi connectivity index (χ2n) is 3.97. The Kier molecular flexibility index (Phi) is 3.87. The molecule has 0 fully saturated rings. The molecule has 5 N–H and O–H groups in total. The molecular weight excluding hydrogens is 264 g/mol. The van der Waals surface area contributed by atoms with Crippen LogP contribution in [0.2, 0.25) is 5.02 Å². The number of carbonyl (C=O) groups excluding carboxylic acids is 1. The number of rotatable bonds is 4. The monoisotopic (exact) mass is 276 g/mol. The summed E-state index contributed by atoms with van der Waals surface area (Å²) in [5, 5.41) is 3.73. The number of amides is 1. The molecule has 6 heteroatoms. The molecule has 0 aliphatic rings. The Labute approximate surface area is 115 Å². The van der Waals surface area contributed by atoms with E-state index in [9.17, 15) is 4.79 Å². The van der Waals surface area contributed by atoms with E-state index >= 15 is 0 Å². The molecule has 0 saturated carbocycles. The zero-order chi connectivity index (χ0) is 13.8. The topological polar surface area (TPSA) is 94.0 Å². The zero-order valence-electron chi connectivity index (χ0n) is 10.1. The highest BCUT2D eigenvalue weighted by molar-refractivity contribution is 6.31. The van der Waals surface area contributed by atoms with E-state index in [-0.39, 0.29) is 11.3 Å². The van der Waals surface area contributed by atoms with E-state index in [0.29, 0.717) is 17.4 Å². The summed E-state index contributed by atoms with van der Waals surface area (Å²) < 4.78 is 0. The molecule has 2 rings (SSSR count). The first-order chi connectivity index (χ1) is 9.08. The summed E-state index contributed by atoms with van der Waals surface area (Å²) in [5.41, 5.74) is 12.3. The fourth-order valence-corrected chi connectivity index (χ4v) is 1.81. The van der Waals surface area contributed by atoms with E-state index in [0.717, 1.165) is 5.56 Å². The van der Waals surface area contributed by atoms with Crippen LogP contribution in [0.15, 0.2) is 36.5 Å². The first-order valence-electron chi connectivity index (χ1n) is 5.60. The second kappa shape index (κ2) is 5.58. The molecule has 0 spiro atoms. The Bertz CT molecular complexity index is 615. The SMILES string of the molecule is NC(=O)c1cc(NCc2ccccc2Cl)ncc1N. The largest absolute Gasteiger partial charge is 0.397 e. The van der Waals surface area contributed by atoms with Gasteiger partial charge in [0.15, 0.2) is 0 Å². The van der Waals surface area contributed by atoms with Crippen molar-refractivity contribution in [2.75, 3.05) is 11.1 Å². The number of primary amides is 1. The van der Waals surface area contributed by atoms with Crippen LogP contribution in [0.5, 0.6) is 0 Å². The van der Waals surface area contributed by atoms with Gasteiger partial charge in [0.2, 0.25) is 0 Å². The van der Waals surface area contributed by atoms with Crippen LogP contribution in [0.1, 0.15) is 15.9 Å². The molecule has 0 radical (unpaired) electrons. The third-order valence-electron chi connectivity index (χ3n) is 2.62. The third-order valence-corrected chi connectivity index (χ3v) is 2.99. The maximum absolute atomic E-state index is 11.2. The smallest absolute Gasteiger partial charge is 0.250 e. The number of halogens is 1. The van der Waals surface area contributed by atoms with Gasteiger partial charge in [0.1, 0.15) is 5.82 Å². The fourth-order valence-electron chi connectivity index (χ4n) is 1.60. The zero-order valence-corrected chi connectivity index (χ0v) is 10.8. The summed E-state index contributed by atoms with van der Waals surface area (Å²) >= 11 is 6.04. The average Bonchev–Trinajstić information content (AvgIpc) is 2.39. The number of nitrogens with two attached hydrogens (primary N) is 2. The van der Waals surface area contributed by atoms with Crippen LogP contribution in [0, 0.1) is 0 Å². The Hall–Kier alpha value is -2.27. The predicted octanol–water partition coefficient (Wildman–Crippen LogP) is 2.03. The first-order valence-corrected chi connectivity index (χ1v) is 5.98. The molecule has 1 aromatic carbocycles. The molecule has 0 aliphatic heterocycles. The van der Waals surface area contributed by atoms with Gasteiger partial charge in [-0.05, 0) is 17.7 Å². The van der Waals surface area contributed by atoms with E-state index in [4.69, 9.17) is 23.1 Å². The minimum atomic E-state index is -0.583. The molecule has 0 bridgehead atoms. The number of aromatic nitrogens is 1. The molecule has 2 aromatic rings. The lowest BCUT2D eigenvalue weighted by Gasteiger charge is -2.09. The number of anilines is 2. The maximum Gasteiger partial charge on any atom is 0.250 e. The molecule has 5 nitrogen and oxygen atoms in total. The van der Waals surface area contributed by atoms with Gasteiger partial charge in [0.25, 0.3) is 5.91 Å². The van der Waals surface area contributed by atoms with Crippen molar-refractivity contribution >= 4 is 29.0 Å². The molecule has 0 unspecified atom stereocenters. The molecule has 1 heterocycles. The van der Waals surface area contributed by atoms with Gasteiger partial charge in [0, 0.05) is 11.6 Å². The first kappa shape index (κ1) is 13.2. The predicted molar refractivity (Wildman–Crippen MR) is 75.9 cm³/mol. The lowest BCUT2D eigenvalue weighted by Crippen LogP contribution is -2.14. The number of nitrogens with zero attached hydrogens (tertiary/aromatic N) is 1. The van der Waals surface area contributed by atoms with Crippen molar-refractivity contribution in [3.63, 3.8) is 0 Å². The fraction of sp³-hybridized carbons (Fsp3) is 0.0769. The van der Waals surface area contributed by atoms with Crippen LogP contribution in [0.3, 0.4) is 0 Å². The van der Waals surface area contributed by atoms with E-state index < -0.39 is 5.91 Å². The molecule has 1 aromatic heterocycles. The van der Waals surface area contributed by atoms with E-state index in [2.05, 4.69) is 10.3 Å². The van der Waals surface area contributed by atoms with Gasteiger partial charge in [-0.1, -0.05) is 29.8 Å². The van der Waals surface area contributed by atoms with Gasteiger partial charge in [-0.15, -0.1) is 0 Å².